The quantitative estimate of drug-likeness (QED) is 0.581. The molecule has 34 heavy (non-hydrogen) atoms. The molecule has 0 spiro atoms. The van der Waals surface area contributed by atoms with Gasteiger partial charge in [-0.25, -0.2) is 10.4 Å². The normalized spacial score (nSPS) is 19.8. The van der Waals surface area contributed by atoms with E-state index in [2.05, 4.69) is 39.3 Å². The van der Waals surface area contributed by atoms with E-state index in [0.717, 1.165) is 67.2 Å². The Labute approximate surface area is 199 Å². The van der Waals surface area contributed by atoms with Gasteiger partial charge in [-0.3, -0.25) is 9.69 Å². The third kappa shape index (κ3) is 4.98. The Balaban J connectivity index is 1.25. The van der Waals surface area contributed by atoms with E-state index in [0.29, 0.717) is 24.5 Å². The van der Waals surface area contributed by atoms with Crippen LogP contribution in [0.3, 0.4) is 0 Å². The van der Waals surface area contributed by atoms with Gasteiger partial charge in [-0.2, -0.15) is 5.10 Å². The number of aromatic nitrogens is 1. The molecule has 2 aromatic carbocycles. The lowest BCUT2D eigenvalue weighted by Crippen LogP contribution is -2.45. The van der Waals surface area contributed by atoms with E-state index in [1.807, 2.05) is 42.5 Å². The minimum absolute atomic E-state index is 0.0367. The predicted octanol–water partition coefficient (Wildman–Crippen LogP) is 3.37. The summed E-state index contributed by atoms with van der Waals surface area (Å²) in [7, 11) is 2.17. The summed E-state index contributed by atoms with van der Waals surface area (Å²) in [4.78, 5) is 21.1. The molecule has 1 amide bonds. The predicted molar refractivity (Wildman–Crippen MR) is 132 cm³/mol. The van der Waals surface area contributed by atoms with Gasteiger partial charge in [-0.05, 0) is 49.9 Å². The molecule has 0 saturated carbocycles. The number of hydrogen-bond donors (Lipinski definition) is 1. The Morgan fingerprint density at radius 2 is 1.85 bits per heavy atom. The summed E-state index contributed by atoms with van der Waals surface area (Å²) < 4.78 is 12.0. The van der Waals surface area contributed by atoms with Crippen LogP contribution in [0.2, 0.25) is 0 Å². The van der Waals surface area contributed by atoms with E-state index >= 15 is 0 Å². The molecule has 1 atom stereocenters. The zero-order valence-electron chi connectivity index (χ0n) is 19.8. The molecule has 8 heteroatoms. The smallest absolute Gasteiger partial charge is 0.240 e. The van der Waals surface area contributed by atoms with Crippen molar-refractivity contribution in [3.05, 3.63) is 48.0 Å². The van der Waals surface area contributed by atoms with Gasteiger partial charge in [0.15, 0.2) is 5.58 Å². The van der Waals surface area contributed by atoms with Crippen molar-refractivity contribution in [2.24, 2.45) is 11.0 Å². The van der Waals surface area contributed by atoms with Crippen LogP contribution in [0.1, 0.15) is 25.3 Å². The number of benzene rings is 2. The number of carbonyl (C=O) groups excluding carboxylic acids is 1. The first-order valence-corrected chi connectivity index (χ1v) is 12.0. The number of nitrogens with one attached hydrogen (secondary N) is 1. The van der Waals surface area contributed by atoms with Gasteiger partial charge in [0.1, 0.15) is 17.9 Å². The molecule has 5 rings (SSSR count). The van der Waals surface area contributed by atoms with Crippen LogP contribution >= 0.6 is 0 Å². The van der Waals surface area contributed by atoms with E-state index < -0.39 is 0 Å². The van der Waals surface area contributed by atoms with Gasteiger partial charge in [0.2, 0.25) is 11.8 Å². The SMILES string of the molecule is CCC1CC(=O)NN=C1c1ccc2nc(-c3ccc(OCCN4CCN(C)CC4)cc3)oc2c1. The summed E-state index contributed by atoms with van der Waals surface area (Å²) in [5.74, 6) is 1.49. The van der Waals surface area contributed by atoms with Crippen molar-refractivity contribution >= 4 is 22.7 Å². The number of fused-ring (bicyclic) bond motifs is 1. The van der Waals surface area contributed by atoms with Crippen LogP contribution in [0.15, 0.2) is 52.0 Å². The van der Waals surface area contributed by atoms with E-state index in [4.69, 9.17) is 9.15 Å². The van der Waals surface area contributed by atoms with Gasteiger partial charge >= 0.3 is 0 Å². The first-order valence-electron chi connectivity index (χ1n) is 12.0. The lowest BCUT2D eigenvalue weighted by atomic mass is 9.90. The molecule has 178 valence electrons. The van der Waals surface area contributed by atoms with Crippen molar-refractivity contribution in [2.75, 3.05) is 46.4 Å². The van der Waals surface area contributed by atoms with E-state index in [-0.39, 0.29) is 11.8 Å². The van der Waals surface area contributed by atoms with Gasteiger partial charge < -0.3 is 14.1 Å². The fourth-order valence-corrected chi connectivity index (χ4v) is 4.48. The molecule has 1 fully saturated rings. The fraction of sp³-hybridized carbons (Fsp3) is 0.423. The number of carbonyl (C=O) groups is 1. The van der Waals surface area contributed by atoms with E-state index in [1.165, 1.54) is 0 Å². The molecule has 3 heterocycles. The summed E-state index contributed by atoms with van der Waals surface area (Å²) in [6, 6.07) is 13.8. The van der Waals surface area contributed by atoms with Crippen LogP contribution in [0, 0.1) is 5.92 Å². The highest BCUT2D eigenvalue weighted by Gasteiger charge is 2.24. The van der Waals surface area contributed by atoms with Crippen LogP contribution in [0.25, 0.3) is 22.6 Å². The highest BCUT2D eigenvalue weighted by molar-refractivity contribution is 6.07. The third-order valence-electron chi connectivity index (χ3n) is 6.67. The van der Waals surface area contributed by atoms with Crippen LogP contribution in [-0.2, 0) is 4.79 Å². The number of piperazine rings is 1. The number of amides is 1. The van der Waals surface area contributed by atoms with Gasteiger partial charge in [0.05, 0.1) is 5.71 Å². The Morgan fingerprint density at radius 1 is 1.09 bits per heavy atom. The zero-order valence-corrected chi connectivity index (χ0v) is 19.8. The maximum atomic E-state index is 11.7. The molecule has 0 aliphatic carbocycles. The van der Waals surface area contributed by atoms with E-state index in [9.17, 15) is 4.79 Å². The number of hydrazone groups is 1. The maximum absolute atomic E-state index is 11.7. The lowest BCUT2D eigenvalue weighted by Gasteiger charge is -2.32. The van der Waals surface area contributed by atoms with Gasteiger partial charge in [-0.1, -0.05) is 13.0 Å². The van der Waals surface area contributed by atoms with Crippen molar-refractivity contribution < 1.29 is 13.9 Å². The third-order valence-corrected chi connectivity index (χ3v) is 6.67. The van der Waals surface area contributed by atoms with E-state index in [1.54, 1.807) is 0 Å². The largest absolute Gasteiger partial charge is 0.492 e. The molecule has 3 aromatic rings. The van der Waals surface area contributed by atoms with Gasteiger partial charge in [0, 0.05) is 56.2 Å². The molecule has 0 radical (unpaired) electrons. The summed E-state index contributed by atoms with van der Waals surface area (Å²) in [5, 5.41) is 4.31. The van der Waals surface area contributed by atoms with Crippen molar-refractivity contribution in [3.8, 4) is 17.2 Å². The molecule has 1 saturated heterocycles. The second-order valence-electron chi connectivity index (χ2n) is 9.06. The highest BCUT2D eigenvalue weighted by Crippen LogP contribution is 2.28. The van der Waals surface area contributed by atoms with Crippen LogP contribution < -0.4 is 10.2 Å². The number of likely N-dealkylation sites (N-methyl/N-ethyl adjacent to an activating group) is 1. The van der Waals surface area contributed by atoms with Crippen LogP contribution in [-0.4, -0.2) is 72.8 Å². The number of hydrogen-bond acceptors (Lipinski definition) is 7. The number of nitrogens with zero attached hydrogens (tertiary/aromatic N) is 4. The Kier molecular flexibility index (Phi) is 6.60. The number of oxazole rings is 1. The van der Waals surface area contributed by atoms with Crippen molar-refractivity contribution in [1.29, 1.82) is 0 Å². The van der Waals surface area contributed by atoms with Crippen molar-refractivity contribution in [1.82, 2.24) is 20.2 Å². The van der Waals surface area contributed by atoms with Crippen LogP contribution in [0.4, 0.5) is 0 Å². The Bertz CT molecular complexity index is 1180. The Hall–Kier alpha value is -3.23. The van der Waals surface area contributed by atoms with Crippen molar-refractivity contribution in [2.45, 2.75) is 19.8 Å². The summed E-state index contributed by atoms with van der Waals surface area (Å²) in [6.45, 7) is 8.12. The molecule has 0 bridgehead atoms. The molecule has 8 nitrogen and oxygen atoms in total. The minimum atomic E-state index is -0.0367. The summed E-state index contributed by atoms with van der Waals surface area (Å²) in [5.41, 5.74) is 6.83. The first-order chi connectivity index (χ1) is 16.6. The topological polar surface area (TPSA) is 83.2 Å². The molecule has 1 aromatic heterocycles. The van der Waals surface area contributed by atoms with Crippen LogP contribution in [0.5, 0.6) is 5.75 Å². The molecule has 1 N–H and O–H groups in total. The number of ether oxygens (including phenoxy) is 1. The first kappa shape index (κ1) is 22.6. The fourth-order valence-electron chi connectivity index (χ4n) is 4.48. The second kappa shape index (κ2) is 9.95. The lowest BCUT2D eigenvalue weighted by molar-refractivity contribution is -0.122. The standard InChI is InChI=1S/C26H31N5O3/c1-3-18-17-24(32)28-29-25(18)20-6-9-22-23(16-20)34-26(27-22)19-4-7-21(8-5-19)33-15-14-31-12-10-30(2)11-13-31/h4-9,16,18H,3,10-15,17H2,1-2H3,(H,28,32). The number of rotatable bonds is 7. The molecule has 2 aliphatic rings. The highest BCUT2D eigenvalue weighted by atomic mass is 16.5. The monoisotopic (exact) mass is 461 g/mol. The average molecular weight is 462 g/mol. The summed E-state index contributed by atoms with van der Waals surface area (Å²) >= 11 is 0. The molecular weight excluding hydrogens is 430 g/mol. The van der Waals surface area contributed by atoms with Gasteiger partial charge in [-0.15, -0.1) is 0 Å². The average Bonchev–Trinajstić information content (AvgIpc) is 3.29. The second-order valence-corrected chi connectivity index (χ2v) is 9.06. The minimum Gasteiger partial charge on any atom is -0.492 e. The van der Waals surface area contributed by atoms with Crippen molar-refractivity contribution in [3.63, 3.8) is 0 Å². The molecular formula is C26H31N5O3. The summed E-state index contributed by atoms with van der Waals surface area (Å²) in [6.07, 6.45) is 1.31. The molecule has 1 unspecified atom stereocenters. The Morgan fingerprint density at radius 3 is 2.62 bits per heavy atom. The molecule has 2 aliphatic heterocycles. The zero-order chi connectivity index (χ0) is 23.5. The van der Waals surface area contributed by atoms with Gasteiger partial charge in [0.25, 0.3) is 0 Å². The maximum Gasteiger partial charge on any atom is 0.240 e.